The highest BCUT2D eigenvalue weighted by atomic mass is 32.2. The molecule has 0 N–H and O–H groups in total. The van der Waals surface area contributed by atoms with Crippen LogP contribution in [0.15, 0.2) is 12.2 Å². The molecule has 0 saturated heterocycles. The molecule has 2 saturated carbocycles. The fourth-order valence-electron chi connectivity index (χ4n) is 4.53. The SMILES string of the molecule is C=C1C(C)(C)[C@@H]2CC[C@@]1(OS(=O)(=O)C(F)(F)F)[C@H]2CCCCC. The van der Waals surface area contributed by atoms with E-state index in [0.717, 1.165) is 19.3 Å². The molecule has 2 bridgehead atoms. The molecule has 2 fully saturated rings. The van der Waals surface area contributed by atoms with Gasteiger partial charge in [-0.3, -0.25) is 4.18 Å². The minimum absolute atomic E-state index is 0.121. The summed E-state index contributed by atoms with van der Waals surface area (Å²) in [6.07, 6.45) is 4.48. The van der Waals surface area contributed by atoms with Crippen LogP contribution in [0.4, 0.5) is 13.2 Å². The van der Waals surface area contributed by atoms with E-state index in [2.05, 4.69) is 6.58 Å². The molecule has 0 amide bonds. The molecule has 3 atom stereocenters. The van der Waals surface area contributed by atoms with Crippen molar-refractivity contribution in [2.24, 2.45) is 17.3 Å². The molecule has 2 rings (SSSR count). The molecule has 2 aliphatic carbocycles. The third-order valence-electron chi connectivity index (χ3n) is 5.79. The highest BCUT2D eigenvalue weighted by Crippen LogP contribution is 2.67. The van der Waals surface area contributed by atoms with Crippen molar-refractivity contribution in [1.29, 1.82) is 0 Å². The van der Waals surface area contributed by atoms with Crippen LogP contribution in [0.5, 0.6) is 0 Å². The number of fused-ring (bicyclic) bond motifs is 2. The lowest BCUT2D eigenvalue weighted by atomic mass is 9.72. The number of rotatable bonds is 6. The molecule has 0 aromatic rings. The fourth-order valence-corrected chi connectivity index (χ4v) is 5.33. The summed E-state index contributed by atoms with van der Waals surface area (Å²) in [6, 6.07) is 0. The number of unbranched alkanes of at least 4 members (excludes halogenated alkanes) is 2. The smallest absolute Gasteiger partial charge is 0.252 e. The Balaban J connectivity index is 2.37. The minimum Gasteiger partial charge on any atom is -0.252 e. The van der Waals surface area contributed by atoms with Crippen molar-refractivity contribution in [2.45, 2.75) is 70.4 Å². The van der Waals surface area contributed by atoms with Crippen LogP contribution in [0.25, 0.3) is 0 Å². The molecule has 0 heterocycles. The summed E-state index contributed by atoms with van der Waals surface area (Å²) in [5.41, 5.74) is -6.71. The van der Waals surface area contributed by atoms with Crippen LogP contribution in [0.1, 0.15) is 59.3 Å². The van der Waals surface area contributed by atoms with Gasteiger partial charge in [0.05, 0.1) is 0 Å². The van der Waals surface area contributed by atoms with Crippen LogP contribution in [-0.4, -0.2) is 19.5 Å². The molecule has 0 unspecified atom stereocenters. The van der Waals surface area contributed by atoms with Crippen LogP contribution in [0, 0.1) is 17.3 Å². The van der Waals surface area contributed by atoms with E-state index in [1.54, 1.807) is 0 Å². The summed E-state index contributed by atoms with van der Waals surface area (Å²) < 4.78 is 66.6. The topological polar surface area (TPSA) is 43.4 Å². The summed E-state index contributed by atoms with van der Waals surface area (Å²) >= 11 is 0. The van der Waals surface area contributed by atoms with Crippen molar-refractivity contribution in [2.75, 3.05) is 0 Å². The van der Waals surface area contributed by atoms with Crippen molar-refractivity contribution >= 4 is 10.1 Å². The zero-order valence-corrected chi connectivity index (χ0v) is 14.7. The van der Waals surface area contributed by atoms with E-state index in [-0.39, 0.29) is 11.8 Å². The molecule has 0 aromatic heterocycles. The van der Waals surface area contributed by atoms with Gasteiger partial charge in [-0.25, -0.2) is 0 Å². The van der Waals surface area contributed by atoms with Gasteiger partial charge in [0.25, 0.3) is 0 Å². The van der Waals surface area contributed by atoms with E-state index in [1.165, 1.54) is 0 Å². The lowest BCUT2D eigenvalue weighted by Crippen LogP contribution is -2.43. The summed E-state index contributed by atoms with van der Waals surface area (Å²) in [4.78, 5) is 0. The second-order valence-corrected chi connectivity index (χ2v) is 8.86. The number of hydrogen-bond donors (Lipinski definition) is 0. The quantitative estimate of drug-likeness (QED) is 0.298. The van der Waals surface area contributed by atoms with Gasteiger partial charge in [0.1, 0.15) is 5.60 Å². The van der Waals surface area contributed by atoms with Crippen LogP contribution >= 0.6 is 0 Å². The van der Waals surface area contributed by atoms with Gasteiger partial charge in [0.2, 0.25) is 0 Å². The number of hydrogen-bond acceptors (Lipinski definition) is 3. The zero-order chi connectivity index (χ0) is 17.7. The Morgan fingerprint density at radius 1 is 1.30 bits per heavy atom. The van der Waals surface area contributed by atoms with E-state index in [9.17, 15) is 21.6 Å². The van der Waals surface area contributed by atoms with Crippen LogP contribution in [-0.2, 0) is 14.3 Å². The zero-order valence-electron chi connectivity index (χ0n) is 13.9. The molecule has 0 aliphatic heterocycles. The van der Waals surface area contributed by atoms with E-state index < -0.39 is 26.6 Å². The Hall–Kier alpha value is -0.560. The predicted molar refractivity (Wildman–Crippen MR) is 82.1 cm³/mol. The average Bonchev–Trinajstić information content (AvgIpc) is 2.81. The first-order valence-corrected chi connectivity index (χ1v) is 9.52. The average molecular weight is 354 g/mol. The summed E-state index contributed by atoms with van der Waals surface area (Å²) in [7, 11) is -5.63. The Kier molecular flexibility index (Phi) is 4.70. The van der Waals surface area contributed by atoms with Crippen molar-refractivity contribution in [3.63, 3.8) is 0 Å². The summed E-state index contributed by atoms with van der Waals surface area (Å²) in [5, 5.41) is 0. The minimum atomic E-state index is -5.63. The van der Waals surface area contributed by atoms with Crippen LogP contribution in [0.3, 0.4) is 0 Å². The van der Waals surface area contributed by atoms with Crippen molar-refractivity contribution in [3.05, 3.63) is 12.2 Å². The van der Waals surface area contributed by atoms with Crippen LogP contribution in [0.2, 0.25) is 0 Å². The molecule has 0 spiro atoms. The highest BCUT2D eigenvalue weighted by molar-refractivity contribution is 7.87. The van der Waals surface area contributed by atoms with Crippen molar-refractivity contribution < 1.29 is 25.8 Å². The molecule has 23 heavy (non-hydrogen) atoms. The maximum absolute atomic E-state index is 12.8. The third kappa shape index (κ3) is 2.84. The maximum Gasteiger partial charge on any atom is 0.523 e. The van der Waals surface area contributed by atoms with E-state index in [4.69, 9.17) is 4.18 Å². The van der Waals surface area contributed by atoms with Gasteiger partial charge in [-0.2, -0.15) is 21.6 Å². The molecular weight excluding hydrogens is 329 g/mol. The second-order valence-electron chi connectivity index (χ2n) is 7.32. The molecule has 3 nitrogen and oxygen atoms in total. The van der Waals surface area contributed by atoms with Crippen LogP contribution < -0.4 is 0 Å². The Morgan fingerprint density at radius 3 is 2.43 bits per heavy atom. The normalized spacial score (nSPS) is 33.4. The van der Waals surface area contributed by atoms with Gasteiger partial charge in [-0.15, -0.1) is 0 Å². The van der Waals surface area contributed by atoms with Crippen molar-refractivity contribution in [1.82, 2.24) is 0 Å². The van der Waals surface area contributed by atoms with Gasteiger partial charge in [-0.05, 0) is 42.1 Å². The van der Waals surface area contributed by atoms with E-state index >= 15 is 0 Å². The van der Waals surface area contributed by atoms with Gasteiger partial charge in [0.15, 0.2) is 0 Å². The van der Waals surface area contributed by atoms with Gasteiger partial charge in [-0.1, -0.05) is 46.6 Å². The summed E-state index contributed by atoms with van der Waals surface area (Å²) in [6.45, 7) is 9.85. The predicted octanol–water partition coefficient (Wildman–Crippen LogP) is 4.79. The Bertz CT molecular complexity index is 580. The standard InChI is InChI=1S/C16H25F3O3S/c1-5-6-7-8-13-12-9-10-15(13,11(2)14(12,3)4)22-23(20,21)16(17,18)19/h12-13H,2,5-10H2,1,3-4H3/t12-,13+,15+/m1/s1. The van der Waals surface area contributed by atoms with Gasteiger partial charge in [0, 0.05) is 0 Å². The first-order chi connectivity index (χ1) is 10.4. The first kappa shape index (κ1) is 18.8. The van der Waals surface area contributed by atoms with Crippen molar-refractivity contribution in [3.8, 4) is 0 Å². The van der Waals surface area contributed by atoms with E-state index in [1.807, 2.05) is 20.8 Å². The van der Waals surface area contributed by atoms with Gasteiger partial charge >= 0.3 is 15.6 Å². The second kappa shape index (κ2) is 5.76. The third-order valence-corrected chi connectivity index (χ3v) is 6.87. The molecule has 0 radical (unpaired) electrons. The summed E-state index contributed by atoms with van der Waals surface area (Å²) in [5.74, 6) is -0.0936. The lowest BCUT2D eigenvalue weighted by Gasteiger charge is -2.37. The van der Waals surface area contributed by atoms with Gasteiger partial charge < -0.3 is 0 Å². The molecule has 2 aliphatic rings. The molecule has 134 valence electrons. The highest BCUT2D eigenvalue weighted by Gasteiger charge is 2.67. The Labute approximate surface area is 136 Å². The fraction of sp³-hybridized carbons (Fsp3) is 0.875. The Morgan fingerprint density at radius 2 is 1.91 bits per heavy atom. The van der Waals surface area contributed by atoms with E-state index in [0.29, 0.717) is 24.8 Å². The lowest BCUT2D eigenvalue weighted by molar-refractivity contribution is -0.0650. The molecular formula is C16H25F3O3S. The largest absolute Gasteiger partial charge is 0.523 e. The first-order valence-electron chi connectivity index (χ1n) is 8.12. The monoisotopic (exact) mass is 354 g/mol. The number of alkyl halides is 3. The molecule has 0 aromatic carbocycles. The maximum atomic E-state index is 12.8. The number of halogens is 3. The molecule has 7 heteroatoms.